The highest BCUT2D eigenvalue weighted by Crippen LogP contribution is 2.27. The zero-order valence-electron chi connectivity index (χ0n) is 10.6. The first kappa shape index (κ1) is 13.0. The summed E-state index contributed by atoms with van der Waals surface area (Å²) < 4.78 is 5.42. The minimum Gasteiger partial charge on any atom is -0.394 e. The summed E-state index contributed by atoms with van der Waals surface area (Å²) in [4.78, 5) is 14.1. The van der Waals surface area contributed by atoms with E-state index in [1.807, 2.05) is 0 Å². The molecule has 0 aromatic carbocycles. The molecule has 98 valence electrons. The van der Waals surface area contributed by atoms with Gasteiger partial charge in [0.2, 0.25) is 0 Å². The molecule has 1 heterocycles. The highest BCUT2D eigenvalue weighted by atomic mass is 16.5. The molecule has 2 rings (SSSR count). The van der Waals surface area contributed by atoms with Gasteiger partial charge >= 0.3 is 0 Å². The number of Topliss-reactive ketones (excluding diaryl/α,β-unsaturated/α-hetero) is 1. The van der Waals surface area contributed by atoms with Crippen LogP contribution in [-0.2, 0) is 9.53 Å². The Hall–Kier alpha value is -0.450. The number of morpholine rings is 1. The predicted octanol–water partition coefficient (Wildman–Crippen LogP) is 0.685. The number of aliphatic hydroxyl groups excluding tert-OH is 1. The van der Waals surface area contributed by atoms with Gasteiger partial charge in [-0.15, -0.1) is 0 Å². The number of hydrogen-bond donors (Lipinski definition) is 1. The number of aliphatic hydroxyl groups is 1. The van der Waals surface area contributed by atoms with Crippen molar-refractivity contribution in [3.05, 3.63) is 0 Å². The molecule has 0 aromatic rings. The van der Waals surface area contributed by atoms with Gasteiger partial charge in [0, 0.05) is 32.0 Å². The maximum atomic E-state index is 11.9. The number of hydrogen-bond acceptors (Lipinski definition) is 4. The molecule has 4 heteroatoms. The third-order valence-corrected chi connectivity index (χ3v) is 3.93. The SMILES string of the molecule is CC1CCC(=O)C(CN2CCOC(CO)C2)C1. The van der Waals surface area contributed by atoms with Gasteiger partial charge in [-0.25, -0.2) is 0 Å². The maximum Gasteiger partial charge on any atom is 0.137 e. The van der Waals surface area contributed by atoms with Crippen LogP contribution in [0.4, 0.5) is 0 Å². The van der Waals surface area contributed by atoms with Crippen molar-refractivity contribution < 1.29 is 14.6 Å². The molecule has 1 saturated carbocycles. The number of nitrogens with zero attached hydrogens (tertiary/aromatic N) is 1. The van der Waals surface area contributed by atoms with Crippen LogP contribution in [0.5, 0.6) is 0 Å². The number of rotatable bonds is 3. The van der Waals surface area contributed by atoms with E-state index in [-0.39, 0.29) is 18.6 Å². The van der Waals surface area contributed by atoms with Crippen LogP contribution in [0.25, 0.3) is 0 Å². The normalized spacial score (nSPS) is 36.1. The summed E-state index contributed by atoms with van der Waals surface area (Å²) in [6, 6.07) is 0. The van der Waals surface area contributed by atoms with Crippen molar-refractivity contribution in [1.82, 2.24) is 4.90 Å². The molecule has 0 aromatic heterocycles. The molecule has 0 bridgehead atoms. The lowest BCUT2D eigenvalue weighted by atomic mass is 9.81. The third kappa shape index (κ3) is 3.50. The Bertz CT molecular complexity index is 269. The molecule has 0 spiro atoms. The van der Waals surface area contributed by atoms with Crippen molar-refractivity contribution in [2.75, 3.05) is 32.8 Å². The van der Waals surface area contributed by atoms with E-state index in [1.165, 1.54) is 0 Å². The third-order valence-electron chi connectivity index (χ3n) is 3.93. The van der Waals surface area contributed by atoms with Crippen LogP contribution in [0.15, 0.2) is 0 Å². The Morgan fingerprint density at radius 3 is 3.12 bits per heavy atom. The first-order valence-corrected chi connectivity index (χ1v) is 6.66. The zero-order chi connectivity index (χ0) is 12.3. The second kappa shape index (κ2) is 5.94. The van der Waals surface area contributed by atoms with E-state index in [0.717, 1.165) is 38.9 Å². The zero-order valence-corrected chi connectivity index (χ0v) is 10.6. The second-order valence-corrected chi connectivity index (χ2v) is 5.48. The Morgan fingerprint density at radius 1 is 1.53 bits per heavy atom. The fourth-order valence-corrected chi connectivity index (χ4v) is 2.87. The number of carbonyl (C=O) groups excluding carboxylic acids is 1. The van der Waals surface area contributed by atoms with E-state index < -0.39 is 0 Å². The van der Waals surface area contributed by atoms with Crippen LogP contribution in [0, 0.1) is 11.8 Å². The summed E-state index contributed by atoms with van der Waals surface area (Å²) in [6.45, 7) is 5.47. The van der Waals surface area contributed by atoms with E-state index >= 15 is 0 Å². The molecule has 2 aliphatic rings. The molecule has 0 radical (unpaired) electrons. The fraction of sp³-hybridized carbons (Fsp3) is 0.923. The van der Waals surface area contributed by atoms with Crippen LogP contribution in [0.2, 0.25) is 0 Å². The summed E-state index contributed by atoms with van der Waals surface area (Å²) in [5, 5.41) is 9.09. The van der Waals surface area contributed by atoms with Crippen LogP contribution in [0.1, 0.15) is 26.2 Å². The Kier molecular flexibility index (Phi) is 4.54. The predicted molar refractivity (Wildman–Crippen MR) is 64.8 cm³/mol. The smallest absolute Gasteiger partial charge is 0.137 e. The highest BCUT2D eigenvalue weighted by Gasteiger charge is 2.29. The topological polar surface area (TPSA) is 49.8 Å². The Labute approximate surface area is 103 Å². The van der Waals surface area contributed by atoms with Crippen molar-refractivity contribution in [1.29, 1.82) is 0 Å². The lowest BCUT2D eigenvalue weighted by Crippen LogP contribution is -2.47. The number of ether oxygens (including phenoxy) is 1. The molecule has 0 amide bonds. The van der Waals surface area contributed by atoms with Crippen LogP contribution >= 0.6 is 0 Å². The molecule has 1 N–H and O–H groups in total. The molecule has 1 saturated heterocycles. The number of ketones is 1. The minimum absolute atomic E-state index is 0.0696. The van der Waals surface area contributed by atoms with E-state index in [9.17, 15) is 4.79 Å². The molecule has 2 fully saturated rings. The lowest BCUT2D eigenvalue weighted by molar-refractivity contribution is -0.127. The second-order valence-electron chi connectivity index (χ2n) is 5.48. The van der Waals surface area contributed by atoms with Gasteiger partial charge in [0.25, 0.3) is 0 Å². The van der Waals surface area contributed by atoms with Crippen molar-refractivity contribution in [2.45, 2.75) is 32.3 Å². The van der Waals surface area contributed by atoms with Gasteiger partial charge in [0.15, 0.2) is 0 Å². The summed E-state index contributed by atoms with van der Waals surface area (Å²) in [7, 11) is 0. The van der Waals surface area contributed by atoms with Crippen LogP contribution < -0.4 is 0 Å². The van der Waals surface area contributed by atoms with Crippen molar-refractivity contribution in [3.63, 3.8) is 0 Å². The monoisotopic (exact) mass is 241 g/mol. The van der Waals surface area contributed by atoms with Gasteiger partial charge in [0.05, 0.1) is 19.3 Å². The molecular formula is C13H23NO3. The van der Waals surface area contributed by atoms with Crippen molar-refractivity contribution in [3.8, 4) is 0 Å². The van der Waals surface area contributed by atoms with Gasteiger partial charge in [-0.3, -0.25) is 9.69 Å². The molecule has 1 aliphatic carbocycles. The average Bonchev–Trinajstić information content (AvgIpc) is 2.34. The quantitative estimate of drug-likeness (QED) is 0.789. The Morgan fingerprint density at radius 2 is 2.35 bits per heavy atom. The largest absolute Gasteiger partial charge is 0.394 e. The first-order chi connectivity index (χ1) is 8.19. The summed E-state index contributed by atoms with van der Waals surface area (Å²) >= 11 is 0. The van der Waals surface area contributed by atoms with E-state index in [4.69, 9.17) is 9.84 Å². The summed E-state index contributed by atoms with van der Waals surface area (Å²) in [5.41, 5.74) is 0. The molecule has 17 heavy (non-hydrogen) atoms. The fourth-order valence-electron chi connectivity index (χ4n) is 2.87. The number of carbonyl (C=O) groups is 1. The van der Waals surface area contributed by atoms with E-state index in [2.05, 4.69) is 11.8 Å². The van der Waals surface area contributed by atoms with Crippen molar-refractivity contribution in [2.24, 2.45) is 11.8 Å². The van der Waals surface area contributed by atoms with Gasteiger partial charge in [0.1, 0.15) is 5.78 Å². The van der Waals surface area contributed by atoms with Gasteiger partial charge in [-0.05, 0) is 18.8 Å². The minimum atomic E-state index is -0.0696. The van der Waals surface area contributed by atoms with Crippen molar-refractivity contribution >= 4 is 5.78 Å². The van der Waals surface area contributed by atoms with Crippen LogP contribution in [0.3, 0.4) is 0 Å². The Balaban J connectivity index is 1.84. The van der Waals surface area contributed by atoms with E-state index in [1.54, 1.807) is 0 Å². The van der Waals surface area contributed by atoms with Gasteiger partial charge in [-0.1, -0.05) is 6.92 Å². The maximum absolute atomic E-state index is 11.9. The average molecular weight is 241 g/mol. The molecular weight excluding hydrogens is 218 g/mol. The molecule has 1 aliphatic heterocycles. The standard InChI is InChI=1S/C13H23NO3/c1-10-2-3-13(16)11(6-10)7-14-4-5-17-12(8-14)9-15/h10-12,15H,2-9H2,1H3. The van der Waals surface area contributed by atoms with Gasteiger partial charge in [-0.2, -0.15) is 0 Å². The van der Waals surface area contributed by atoms with Gasteiger partial charge < -0.3 is 9.84 Å². The van der Waals surface area contributed by atoms with E-state index in [0.29, 0.717) is 18.3 Å². The molecule has 4 nitrogen and oxygen atoms in total. The molecule has 3 unspecified atom stereocenters. The van der Waals surface area contributed by atoms with Crippen LogP contribution in [-0.4, -0.2) is 54.7 Å². The highest BCUT2D eigenvalue weighted by molar-refractivity contribution is 5.81. The first-order valence-electron chi connectivity index (χ1n) is 6.66. The molecule has 3 atom stereocenters. The summed E-state index contributed by atoms with van der Waals surface area (Å²) in [6.07, 6.45) is 2.76. The summed E-state index contributed by atoms with van der Waals surface area (Å²) in [5.74, 6) is 1.30. The lowest BCUT2D eigenvalue weighted by Gasteiger charge is -2.35.